The summed E-state index contributed by atoms with van der Waals surface area (Å²) in [4.78, 5) is 0. The highest BCUT2D eigenvalue weighted by atomic mass is 16.3. The van der Waals surface area contributed by atoms with Crippen molar-refractivity contribution >= 4 is 0 Å². The number of aliphatic hydroxyl groups excluding tert-OH is 2. The summed E-state index contributed by atoms with van der Waals surface area (Å²) in [5.74, 6) is 0. The molecule has 0 saturated carbocycles. The summed E-state index contributed by atoms with van der Waals surface area (Å²) >= 11 is 0. The second kappa shape index (κ2) is 40.4. The van der Waals surface area contributed by atoms with E-state index >= 15 is 0 Å². The van der Waals surface area contributed by atoms with Crippen LogP contribution >= 0.6 is 0 Å². The Bertz CT molecular complexity index is 12.1. The Hall–Kier alpha value is -0.160. The van der Waals surface area contributed by atoms with Crippen molar-refractivity contribution < 1.29 is 15.7 Å². The Morgan fingerprint density at radius 3 is 1.57 bits per heavy atom. The summed E-state index contributed by atoms with van der Waals surface area (Å²) in [5, 5.41) is 14.8. The third-order valence-corrected chi connectivity index (χ3v) is 0.129. The molecule has 0 aliphatic rings. The number of nitrogens with two attached hydrogens (primary N) is 1. The molecular formula is C3H13NO3. The SMILES string of the molecule is CO.NCCO.O. The second-order valence-electron chi connectivity index (χ2n) is 0.512. The Labute approximate surface area is 42.9 Å². The van der Waals surface area contributed by atoms with Gasteiger partial charge in [0, 0.05) is 13.7 Å². The first kappa shape index (κ1) is 15.8. The Morgan fingerprint density at radius 1 is 1.43 bits per heavy atom. The van der Waals surface area contributed by atoms with Crippen molar-refractivity contribution in [2.45, 2.75) is 0 Å². The van der Waals surface area contributed by atoms with Crippen LogP contribution in [0.25, 0.3) is 0 Å². The smallest absolute Gasteiger partial charge is 0.0553 e. The third-order valence-electron chi connectivity index (χ3n) is 0.129. The Kier molecular flexibility index (Phi) is 91.3. The van der Waals surface area contributed by atoms with E-state index in [9.17, 15) is 0 Å². The van der Waals surface area contributed by atoms with Crippen LogP contribution in [-0.2, 0) is 0 Å². The second-order valence-corrected chi connectivity index (χ2v) is 0.512. The monoisotopic (exact) mass is 111 g/mol. The summed E-state index contributed by atoms with van der Waals surface area (Å²) in [6.45, 7) is 0.472. The molecule has 0 atom stereocenters. The molecule has 0 spiro atoms. The topological polar surface area (TPSA) is 98.0 Å². The van der Waals surface area contributed by atoms with E-state index in [1.807, 2.05) is 0 Å². The molecule has 0 heterocycles. The molecule has 4 heteroatoms. The summed E-state index contributed by atoms with van der Waals surface area (Å²) in [7, 11) is 1.00. The maximum atomic E-state index is 7.75. The van der Waals surface area contributed by atoms with Gasteiger partial charge in [-0.2, -0.15) is 0 Å². The molecule has 0 saturated heterocycles. The highest BCUT2D eigenvalue weighted by Gasteiger charge is 1.56. The minimum atomic E-state index is 0. The summed E-state index contributed by atoms with van der Waals surface area (Å²) in [6.07, 6.45) is 0. The highest BCUT2D eigenvalue weighted by molar-refractivity contribution is 4.17. The van der Waals surface area contributed by atoms with Gasteiger partial charge in [0.25, 0.3) is 0 Å². The summed E-state index contributed by atoms with van der Waals surface area (Å²) in [5.41, 5.74) is 4.78. The van der Waals surface area contributed by atoms with Crippen LogP contribution in [0.2, 0.25) is 0 Å². The normalized spacial score (nSPS) is 5.14. The molecule has 0 aliphatic carbocycles. The first-order valence-electron chi connectivity index (χ1n) is 1.67. The van der Waals surface area contributed by atoms with Gasteiger partial charge in [-0.3, -0.25) is 0 Å². The van der Waals surface area contributed by atoms with E-state index in [1.165, 1.54) is 0 Å². The molecule has 0 amide bonds. The lowest BCUT2D eigenvalue weighted by molar-refractivity contribution is 0.306. The molecule has 6 N–H and O–H groups in total. The molecule has 7 heavy (non-hydrogen) atoms. The maximum Gasteiger partial charge on any atom is 0.0553 e. The predicted octanol–water partition coefficient (Wildman–Crippen LogP) is -2.28. The van der Waals surface area contributed by atoms with E-state index in [4.69, 9.17) is 15.9 Å². The zero-order valence-corrected chi connectivity index (χ0v) is 4.39. The van der Waals surface area contributed by atoms with Crippen molar-refractivity contribution in [2.75, 3.05) is 20.3 Å². The zero-order chi connectivity index (χ0) is 5.41. The van der Waals surface area contributed by atoms with Crippen molar-refractivity contribution in [1.82, 2.24) is 0 Å². The molecule has 48 valence electrons. The fraction of sp³-hybridized carbons (Fsp3) is 1.00. The van der Waals surface area contributed by atoms with Crippen LogP contribution in [0.1, 0.15) is 0 Å². The van der Waals surface area contributed by atoms with E-state index in [2.05, 4.69) is 0 Å². The minimum Gasteiger partial charge on any atom is -0.412 e. The van der Waals surface area contributed by atoms with Gasteiger partial charge in [0.15, 0.2) is 0 Å². The number of rotatable bonds is 1. The molecule has 0 radical (unpaired) electrons. The van der Waals surface area contributed by atoms with Gasteiger partial charge in [0.1, 0.15) is 0 Å². The van der Waals surface area contributed by atoms with Crippen molar-refractivity contribution in [3.63, 3.8) is 0 Å². The van der Waals surface area contributed by atoms with Gasteiger partial charge in [-0.15, -0.1) is 0 Å². The molecular weight excluding hydrogens is 98.0 g/mol. The average molecular weight is 111 g/mol. The molecule has 0 aliphatic heterocycles. The van der Waals surface area contributed by atoms with Gasteiger partial charge >= 0.3 is 0 Å². The van der Waals surface area contributed by atoms with Crippen LogP contribution < -0.4 is 5.73 Å². The summed E-state index contributed by atoms with van der Waals surface area (Å²) < 4.78 is 0. The van der Waals surface area contributed by atoms with Crippen molar-refractivity contribution in [1.29, 1.82) is 0 Å². The standard InChI is InChI=1S/C2H7NO.CH4O.H2O/c3-1-2-4;1-2;/h4H,1-3H2;2H,1H3;1H2. The van der Waals surface area contributed by atoms with Crippen LogP contribution in [0, 0.1) is 0 Å². The fourth-order valence-electron chi connectivity index (χ4n) is 0. The van der Waals surface area contributed by atoms with Crippen LogP contribution in [0.5, 0.6) is 0 Å². The largest absolute Gasteiger partial charge is 0.412 e. The fourth-order valence-corrected chi connectivity index (χ4v) is 0. The molecule has 4 nitrogen and oxygen atoms in total. The van der Waals surface area contributed by atoms with E-state index in [-0.39, 0.29) is 12.1 Å². The molecule has 0 aromatic carbocycles. The molecule has 0 unspecified atom stereocenters. The third kappa shape index (κ3) is 122. The van der Waals surface area contributed by atoms with Crippen LogP contribution in [-0.4, -0.2) is 36.0 Å². The summed E-state index contributed by atoms with van der Waals surface area (Å²) in [6, 6.07) is 0. The Morgan fingerprint density at radius 2 is 1.57 bits per heavy atom. The first-order valence-corrected chi connectivity index (χ1v) is 1.67. The number of hydrogen-bond donors (Lipinski definition) is 3. The molecule has 0 rings (SSSR count). The highest BCUT2D eigenvalue weighted by Crippen LogP contribution is 1.33. The van der Waals surface area contributed by atoms with Gasteiger partial charge in [0.2, 0.25) is 0 Å². The van der Waals surface area contributed by atoms with E-state index in [1.54, 1.807) is 0 Å². The van der Waals surface area contributed by atoms with E-state index < -0.39 is 0 Å². The van der Waals surface area contributed by atoms with Gasteiger partial charge in [-0.05, 0) is 0 Å². The average Bonchev–Trinajstić information content (AvgIpc) is 1.72. The zero-order valence-electron chi connectivity index (χ0n) is 4.39. The van der Waals surface area contributed by atoms with Gasteiger partial charge in [0.05, 0.1) is 6.61 Å². The predicted molar refractivity (Wildman–Crippen MR) is 27.9 cm³/mol. The van der Waals surface area contributed by atoms with E-state index in [0.717, 1.165) is 7.11 Å². The molecule has 0 fully saturated rings. The van der Waals surface area contributed by atoms with E-state index in [0.29, 0.717) is 6.54 Å². The van der Waals surface area contributed by atoms with Crippen molar-refractivity contribution in [2.24, 2.45) is 5.73 Å². The van der Waals surface area contributed by atoms with Crippen LogP contribution in [0.15, 0.2) is 0 Å². The lowest BCUT2D eigenvalue weighted by Crippen LogP contribution is -2.02. The van der Waals surface area contributed by atoms with Gasteiger partial charge in [-0.1, -0.05) is 0 Å². The van der Waals surface area contributed by atoms with Crippen molar-refractivity contribution in [3.05, 3.63) is 0 Å². The quantitative estimate of drug-likeness (QED) is 0.355. The van der Waals surface area contributed by atoms with Crippen LogP contribution in [0.3, 0.4) is 0 Å². The van der Waals surface area contributed by atoms with Crippen molar-refractivity contribution in [3.8, 4) is 0 Å². The minimum absolute atomic E-state index is 0. The van der Waals surface area contributed by atoms with Gasteiger partial charge < -0.3 is 21.4 Å². The van der Waals surface area contributed by atoms with Gasteiger partial charge in [-0.25, -0.2) is 0 Å². The molecule has 0 aromatic heterocycles. The maximum absolute atomic E-state index is 7.75. The molecule has 0 aromatic rings. The number of aliphatic hydroxyl groups is 2. The lowest BCUT2D eigenvalue weighted by Gasteiger charge is -1.71. The first-order chi connectivity index (χ1) is 2.91. The molecule has 0 bridgehead atoms. The lowest BCUT2D eigenvalue weighted by atomic mass is 10.8. The van der Waals surface area contributed by atoms with Crippen LogP contribution in [0.4, 0.5) is 0 Å². The Balaban J connectivity index is -0.0000000480. The number of hydrogen-bond acceptors (Lipinski definition) is 3.